The van der Waals surface area contributed by atoms with Gasteiger partial charge in [0.25, 0.3) is 0 Å². The summed E-state index contributed by atoms with van der Waals surface area (Å²) >= 11 is 0. The summed E-state index contributed by atoms with van der Waals surface area (Å²) in [6.45, 7) is 2.00. The number of hydrogen-bond donors (Lipinski definition) is 3. The molecule has 3 heterocycles. The summed E-state index contributed by atoms with van der Waals surface area (Å²) in [4.78, 5) is 26.0. The lowest BCUT2D eigenvalue weighted by Crippen LogP contribution is -2.45. The summed E-state index contributed by atoms with van der Waals surface area (Å²) in [5, 5.41) is 20.7. The van der Waals surface area contributed by atoms with Gasteiger partial charge >= 0.3 is 0 Å². The molecule has 1 saturated heterocycles. The largest absolute Gasteiger partial charge is 0.390 e. The van der Waals surface area contributed by atoms with Crippen molar-refractivity contribution in [2.24, 2.45) is 0 Å². The Balaban J connectivity index is 1.59. The molecule has 3 aromatic rings. The molecule has 0 amide bonds. The first-order valence-corrected chi connectivity index (χ1v) is 11.1. The lowest BCUT2D eigenvalue weighted by Gasteiger charge is -2.38. The SMILES string of the molecule is CCC[C@H]1O[C@@H](c2ccncc2CC(=O)c2nc(-c3ccccc3)cnc2N)C[C@@H](O)[C@@H]1O. The van der Waals surface area contributed by atoms with Gasteiger partial charge in [0.05, 0.1) is 30.2 Å². The first-order valence-electron chi connectivity index (χ1n) is 11.1. The van der Waals surface area contributed by atoms with E-state index in [0.29, 0.717) is 17.7 Å². The number of aliphatic hydroxyl groups is 2. The summed E-state index contributed by atoms with van der Waals surface area (Å²) < 4.78 is 6.12. The van der Waals surface area contributed by atoms with Crippen molar-refractivity contribution in [2.75, 3.05) is 5.73 Å². The number of nitrogens with two attached hydrogens (primary N) is 1. The van der Waals surface area contributed by atoms with Gasteiger partial charge in [-0.25, -0.2) is 9.97 Å². The van der Waals surface area contributed by atoms with E-state index in [0.717, 1.165) is 17.5 Å². The number of pyridine rings is 1. The zero-order valence-corrected chi connectivity index (χ0v) is 18.5. The number of carbonyl (C=O) groups excluding carboxylic acids is 1. The number of aliphatic hydroxyl groups excluding tert-OH is 2. The molecule has 0 spiro atoms. The van der Waals surface area contributed by atoms with Crippen LogP contribution in [-0.2, 0) is 11.2 Å². The molecule has 33 heavy (non-hydrogen) atoms. The van der Waals surface area contributed by atoms with E-state index in [2.05, 4.69) is 15.0 Å². The van der Waals surface area contributed by atoms with Crippen LogP contribution in [0.25, 0.3) is 11.3 Å². The highest BCUT2D eigenvalue weighted by Crippen LogP contribution is 2.35. The van der Waals surface area contributed by atoms with E-state index in [-0.39, 0.29) is 30.1 Å². The molecule has 8 nitrogen and oxygen atoms in total. The highest BCUT2D eigenvalue weighted by atomic mass is 16.5. The highest BCUT2D eigenvalue weighted by Gasteiger charge is 2.37. The first-order chi connectivity index (χ1) is 16.0. The van der Waals surface area contributed by atoms with Crippen LogP contribution in [-0.4, -0.2) is 49.3 Å². The van der Waals surface area contributed by atoms with Crippen LogP contribution in [0.4, 0.5) is 5.82 Å². The third-order valence-electron chi connectivity index (χ3n) is 5.92. The molecule has 0 bridgehead atoms. The predicted molar refractivity (Wildman–Crippen MR) is 123 cm³/mol. The van der Waals surface area contributed by atoms with Crippen LogP contribution in [0, 0.1) is 0 Å². The second-order valence-electron chi connectivity index (χ2n) is 8.28. The number of Topliss-reactive ketones (excluding diaryl/α,β-unsaturated/α-hetero) is 1. The summed E-state index contributed by atoms with van der Waals surface area (Å²) in [5.41, 5.74) is 8.93. The molecule has 1 aliphatic rings. The Kier molecular flexibility index (Phi) is 7.08. The molecule has 0 aliphatic carbocycles. The molecule has 4 N–H and O–H groups in total. The molecule has 0 unspecified atom stereocenters. The van der Waals surface area contributed by atoms with Crippen LogP contribution in [0.5, 0.6) is 0 Å². The third-order valence-corrected chi connectivity index (χ3v) is 5.92. The van der Waals surface area contributed by atoms with E-state index < -0.39 is 24.4 Å². The van der Waals surface area contributed by atoms with Crippen LogP contribution >= 0.6 is 0 Å². The number of benzene rings is 1. The molecule has 172 valence electrons. The summed E-state index contributed by atoms with van der Waals surface area (Å²) in [5.74, 6) is -0.214. The van der Waals surface area contributed by atoms with E-state index in [1.54, 1.807) is 24.7 Å². The second-order valence-corrected chi connectivity index (χ2v) is 8.28. The Bertz CT molecular complexity index is 1110. The van der Waals surface area contributed by atoms with Crippen molar-refractivity contribution in [1.29, 1.82) is 0 Å². The fourth-order valence-electron chi connectivity index (χ4n) is 4.19. The molecule has 0 radical (unpaired) electrons. The Morgan fingerprint density at radius 1 is 1.18 bits per heavy atom. The summed E-state index contributed by atoms with van der Waals surface area (Å²) in [7, 11) is 0. The monoisotopic (exact) mass is 448 g/mol. The van der Waals surface area contributed by atoms with E-state index in [1.165, 1.54) is 0 Å². The fraction of sp³-hybridized carbons (Fsp3) is 0.360. The zero-order valence-electron chi connectivity index (χ0n) is 18.5. The Labute approximate surface area is 192 Å². The Morgan fingerprint density at radius 3 is 2.73 bits per heavy atom. The van der Waals surface area contributed by atoms with Gasteiger partial charge in [-0.2, -0.15) is 0 Å². The fourth-order valence-corrected chi connectivity index (χ4v) is 4.19. The van der Waals surface area contributed by atoms with Gasteiger partial charge in [-0.05, 0) is 23.6 Å². The predicted octanol–water partition coefficient (Wildman–Crippen LogP) is 2.90. The summed E-state index contributed by atoms with van der Waals surface area (Å²) in [6, 6.07) is 11.2. The Hall–Kier alpha value is -3.20. The highest BCUT2D eigenvalue weighted by molar-refractivity contribution is 5.99. The topological polar surface area (TPSA) is 131 Å². The molecule has 8 heteroatoms. The van der Waals surface area contributed by atoms with Gasteiger partial charge in [-0.3, -0.25) is 9.78 Å². The van der Waals surface area contributed by atoms with Crippen LogP contribution < -0.4 is 5.73 Å². The number of ketones is 1. The average molecular weight is 449 g/mol. The Morgan fingerprint density at radius 2 is 1.97 bits per heavy atom. The van der Waals surface area contributed by atoms with Gasteiger partial charge < -0.3 is 20.7 Å². The molecular weight excluding hydrogens is 420 g/mol. The van der Waals surface area contributed by atoms with E-state index in [1.807, 2.05) is 37.3 Å². The number of rotatable bonds is 7. The number of ether oxygens (including phenoxy) is 1. The molecule has 0 saturated carbocycles. The number of aromatic nitrogens is 3. The number of hydrogen-bond acceptors (Lipinski definition) is 8. The number of anilines is 1. The molecule has 1 aromatic carbocycles. The van der Waals surface area contributed by atoms with Crippen molar-refractivity contribution >= 4 is 11.6 Å². The molecule has 2 aromatic heterocycles. The summed E-state index contributed by atoms with van der Waals surface area (Å²) in [6.07, 6.45) is 3.74. The minimum atomic E-state index is -0.927. The molecule has 1 aliphatic heterocycles. The van der Waals surface area contributed by atoms with Gasteiger partial charge in [0.1, 0.15) is 11.8 Å². The van der Waals surface area contributed by atoms with Crippen molar-refractivity contribution in [3.63, 3.8) is 0 Å². The third kappa shape index (κ3) is 5.08. The zero-order chi connectivity index (χ0) is 23.4. The van der Waals surface area contributed by atoms with E-state index >= 15 is 0 Å². The van der Waals surface area contributed by atoms with Crippen molar-refractivity contribution in [1.82, 2.24) is 15.0 Å². The smallest absolute Gasteiger partial charge is 0.189 e. The minimum Gasteiger partial charge on any atom is -0.390 e. The number of carbonyl (C=O) groups is 1. The van der Waals surface area contributed by atoms with Gasteiger partial charge in [-0.1, -0.05) is 43.7 Å². The van der Waals surface area contributed by atoms with Crippen molar-refractivity contribution in [2.45, 2.75) is 57.0 Å². The quantitative estimate of drug-likeness (QED) is 0.470. The number of nitrogens with zero attached hydrogens (tertiary/aromatic N) is 3. The molecule has 4 rings (SSSR count). The average Bonchev–Trinajstić information content (AvgIpc) is 2.83. The van der Waals surface area contributed by atoms with Crippen molar-refractivity contribution in [3.05, 3.63) is 71.8 Å². The van der Waals surface area contributed by atoms with Crippen LogP contribution in [0.2, 0.25) is 0 Å². The maximum absolute atomic E-state index is 13.2. The van der Waals surface area contributed by atoms with Gasteiger partial charge in [-0.15, -0.1) is 0 Å². The van der Waals surface area contributed by atoms with Crippen LogP contribution in [0.1, 0.15) is 53.9 Å². The van der Waals surface area contributed by atoms with Crippen LogP contribution in [0.3, 0.4) is 0 Å². The maximum atomic E-state index is 13.2. The maximum Gasteiger partial charge on any atom is 0.189 e. The molecule has 4 atom stereocenters. The van der Waals surface area contributed by atoms with Crippen LogP contribution in [0.15, 0.2) is 55.0 Å². The van der Waals surface area contributed by atoms with Gasteiger partial charge in [0, 0.05) is 30.8 Å². The lowest BCUT2D eigenvalue weighted by atomic mass is 9.89. The van der Waals surface area contributed by atoms with E-state index in [4.69, 9.17) is 10.5 Å². The first kappa shape index (κ1) is 23.0. The lowest BCUT2D eigenvalue weighted by molar-refractivity contribution is -0.172. The molecule has 1 fully saturated rings. The van der Waals surface area contributed by atoms with E-state index in [9.17, 15) is 15.0 Å². The van der Waals surface area contributed by atoms with Crippen molar-refractivity contribution in [3.8, 4) is 11.3 Å². The van der Waals surface area contributed by atoms with Gasteiger partial charge in [0.15, 0.2) is 11.6 Å². The minimum absolute atomic E-state index is 0.0112. The normalized spacial score (nSPS) is 22.8. The number of nitrogen functional groups attached to an aromatic ring is 1. The van der Waals surface area contributed by atoms with Gasteiger partial charge in [0.2, 0.25) is 0 Å². The standard InChI is InChI=1S/C25H28N4O4/c1-2-6-21-24(32)20(31)12-22(33-21)17-9-10-27-13-16(17)11-19(30)23-25(26)28-14-18(29-23)15-7-4-3-5-8-15/h3-5,7-10,13-14,20-22,24,31-32H,2,6,11-12H2,1H3,(H2,26,28)/t20-,21-,22-,24+/m1/s1. The van der Waals surface area contributed by atoms with Crippen molar-refractivity contribution < 1.29 is 19.7 Å². The molecular formula is C25H28N4O4. The second kappa shape index (κ2) is 10.2.